The Hall–Kier alpha value is -5.02. The van der Waals surface area contributed by atoms with E-state index in [1.54, 1.807) is 19.1 Å². The molecule has 51 heavy (non-hydrogen) atoms. The Morgan fingerprint density at radius 2 is 1.73 bits per heavy atom. The number of amides is 6. The molecule has 0 unspecified atom stereocenters. The number of nitrogens with zero attached hydrogens (tertiary/aromatic N) is 4. The first-order chi connectivity index (χ1) is 24.3. The predicted molar refractivity (Wildman–Crippen MR) is 185 cm³/mol. The average Bonchev–Trinajstić information content (AvgIpc) is 3.77. The van der Waals surface area contributed by atoms with Crippen LogP contribution in [-0.4, -0.2) is 97.2 Å². The van der Waals surface area contributed by atoms with Gasteiger partial charge >= 0.3 is 0 Å². The van der Waals surface area contributed by atoms with Crippen LogP contribution < -0.4 is 27.0 Å². The van der Waals surface area contributed by atoms with Gasteiger partial charge in [-0.25, -0.2) is 4.68 Å². The van der Waals surface area contributed by atoms with Gasteiger partial charge in [0.2, 0.25) is 35.4 Å². The minimum atomic E-state index is -1.14. The highest BCUT2D eigenvalue weighted by Crippen LogP contribution is 2.22. The predicted octanol–water partition coefficient (Wildman–Crippen LogP) is 0.0704. The number of aromatic nitrogens is 3. The van der Waals surface area contributed by atoms with E-state index in [4.69, 9.17) is 5.73 Å². The molecule has 1 fully saturated rings. The van der Waals surface area contributed by atoms with Gasteiger partial charge in [-0.15, -0.1) is 5.10 Å². The summed E-state index contributed by atoms with van der Waals surface area (Å²) in [6.45, 7) is 7.86. The van der Waals surface area contributed by atoms with E-state index in [0.29, 0.717) is 36.9 Å². The molecular formula is C35H51N9O7. The van der Waals surface area contributed by atoms with Crippen LogP contribution in [0.5, 0.6) is 5.75 Å². The highest BCUT2D eigenvalue weighted by molar-refractivity contribution is 5.96. The number of nitrogens with one attached hydrogen (secondary N) is 4. The van der Waals surface area contributed by atoms with E-state index in [1.807, 2.05) is 20.8 Å². The SMILES string of the molecule is CC[C@H](C)[C@@H]1NC(=O)[C@@H]2CCCN2C(=O)[C@H](Cc2ccc(O)cc2)NC(=O)CCc2cnnn2CC[C@@H](C(=O)N[C@@H](CC(C)C)C(N)=O)NC1=O. The first-order valence-electron chi connectivity index (χ1n) is 17.7. The smallest absolute Gasteiger partial charge is 0.246 e. The molecule has 1 aromatic carbocycles. The lowest BCUT2D eigenvalue weighted by Crippen LogP contribution is -2.60. The summed E-state index contributed by atoms with van der Waals surface area (Å²) in [4.78, 5) is 82.6. The third-order valence-electron chi connectivity index (χ3n) is 9.58. The van der Waals surface area contributed by atoms with Gasteiger partial charge in [0, 0.05) is 25.9 Å². The number of phenolic OH excluding ortho intramolecular Hbond substituents is 1. The minimum absolute atomic E-state index is 0.0105. The highest BCUT2D eigenvalue weighted by atomic mass is 16.3. The second-order valence-electron chi connectivity index (χ2n) is 13.9. The largest absolute Gasteiger partial charge is 0.508 e. The van der Waals surface area contributed by atoms with Gasteiger partial charge in [-0.05, 0) is 61.6 Å². The molecule has 6 atom stereocenters. The molecule has 6 amide bonds. The van der Waals surface area contributed by atoms with E-state index in [-0.39, 0.29) is 56.4 Å². The summed E-state index contributed by atoms with van der Waals surface area (Å²) in [5.74, 6) is -3.51. The van der Waals surface area contributed by atoms with Crippen molar-refractivity contribution in [2.75, 3.05) is 6.54 Å². The molecule has 1 aromatic heterocycles. The summed E-state index contributed by atoms with van der Waals surface area (Å²) >= 11 is 0. The first kappa shape index (κ1) is 38.8. The number of nitrogens with two attached hydrogens (primary N) is 1. The molecule has 0 spiro atoms. The van der Waals surface area contributed by atoms with E-state index >= 15 is 0 Å². The van der Waals surface area contributed by atoms with Gasteiger partial charge in [0.25, 0.3) is 0 Å². The summed E-state index contributed by atoms with van der Waals surface area (Å²) in [6, 6.07) is 1.30. The molecular weight excluding hydrogens is 658 g/mol. The summed E-state index contributed by atoms with van der Waals surface area (Å²) in [7, 11) is 0. The fourth-order valence-electron chi connectivity index (χ4n) is 6.46. The van der Waals surface area contributed by atoms with Crippen molar-refractivity contribution < 1.29 is 33.9 Å². The number of carbonyl (C=O) groups excluding carboxylic acids is 6. The second-order valence-corrected chi connectivity index (χ2v) is 13.9. The molecule has 3 heterocycles. The summed E-state index contributed by atoms with van der Waals surface area (Å²) in [5.41, 5.74) is 6.89. The van der Waals surface area contributed by atoms with E-state index in [9.17, 15) is 33.9 Å². The van der Waals surface area contributed by atoms with Crippen LogP contribution in [-0.2, 0) is 48.2 Å². The zero-order chi connectivity index (χ0) is 37.2. The first-order valence-corrected chi connectivity index (χ1v) is 17.7. The molecule has 2 aliphatic rings. The van der Waals surface area contributed by atoms with Gasteiger partial charge in [0.05, 0.1) is 11.9 Å². The number of rotatable bonds is 9. The van der Waals surface area contributed by atoms with Gasteiger partial charge in [-0.2, -0.15) is 0 Å². The van der Waals surface area contributed by atoms with E-state index < -0.39 is 65.7 Å². The monoisotopic (exact) mass is 709 g/mol. The molecule has 16 nitrogen and oxygen atoms in total. The molecule has 7 N–H and O–H groups in total. The summed E-state index contributed by atoms with van der Waals surface area (Å²) in [5, 5.41) is 29.1. The molecule has 1 saturated heterocycles. The maximum absolute atomic E-state index is 14.1. The number of phenols is 1. The van der Waals surface area contributed by atoms with Crippen molar-refractivity contribution in [1.29, 1.82) is 0 Å². The van der Waals surface area contributed by atoms with Gasteiger partial charge in [0.1, 0.15) is 36.0 Å². The van der Waals surface area contributed by atoms with Crippen LogP contribution in [0.15, 0.2) is 30.5 Å². The Bertz CT molecular complexity index is 1560. The van der Waals surface area contributed by atoms with Gasteiger partial charge in [-0.1, -0.05) is 51.5 Å². The van der Waals surface area contributed by atoms with Crippen molar-refractivity contribution in [3.63, 3.8) is 0 Å². The number of hydrogen-bond donors (Lipinski definition) is 6. The molecule has 278 valence electrons. The van der Waals surface area contributed by atoms with Crippen LogP contribution in [0.2, 0.25) is 0 Å². The van der Waals surface area contributed by atoms with Crippen molar-refractivity contribution in [3.05, 3.63) is 41.7 Å². The lowest BCUT2D eigenvalue weighted by molar-refractivity contribution is -0.142. The topological polar surface area (TPSA) is 231 Å². The maximum Gasteiger partial charge on any atom is 0.246 e. The highest BCUT2D eigenvalue weighted by Gasteiger charge is 2.40. The Morgan fingerprint density at radius 3 is 2.39 bits per heavy atom. The Morgan fingerprint density at radius 1 is 1.00 bits per heavy atom. The van der Waals surface area contributed by atoms with Gasteiger partial charge in [-0.3, -0.25) is 28.8 Å². The van der Waals surface area contributed by atoms with Crippen LogP contribution in [0.4, 0.5) is 0 Å². The summed E-state index contributed by atoms with van der Waals surface area (Å²) < 4.78 is 1.53. The third kappa shape index (κ3) is 10.5. The van der Waals surface area contributed by atoms with Crippen molar-refractivity contribution >= 4 is 35.4 Å². The molecule has 0 aliphatic carbocycles. The van der Waals surface area contributed by atoms with Crippen LogP contribution in [0.1, 0.15) is 77.5 Å². The Kier molecular flexibility index (Phi) is 13.5. The van der Waals surface area contributed by atoms with Gasteiger partial charge in [0.15, 0.2) is 0 Å². The minimum Gasteiger partial charge on any atom is -0.508 e. The van der Waals surface area contributed by atoms with Crippen molar-refractivity contribution in [2.45, 2.75) is 116 Å². The number of primary amides is 1. The number of fused-ring (bicyclic) bond motifs is 2. The van der Waals surface area contributed by atoms with Crippen LogP contribution in [0, 0.1) is 11.8 Å². The fourth-order valence-corrected chi connectivity index (χ4v) is 6.46. The summed E-state index contributed by atoms with van der Waals surface area (Å²) in [6.07, 6.45) is 3.61. The molecule has 16 heteroatoms. The zero-order valence-electron chi connectivity index (χ0n) is 29.8. The third-order valence-corrected chi connectivity index (χ3v) is 9.58. The molecule has 0 radical (unpaired) electrons. The second kappa shape index (κ2) is 17.8. The number of benzene rings is 1. The quantitative estimate of drug-likeness (QED) is 0.207. The average molecular weight is 710 g/mol. The van der Waals surface area contributed by atoms with Crippen LogP contribution in [0.25, 0.3) is 0 Å². The Labute approximate surface area is 297 Å². The normalized spacial score (nSPS) is 23.5. The van der Waals surface area contributed by atoms with Crippen molar-refractivity contribution in [2.24, 2.45) is 17.6 Å². The zero-order valence-corrected chi connectivity index (χ0v) is 29.8. The molecule has 4 rings (SSSR count). The van der Waals surface area contributed by atoms with E-state index in [0.717, 1.165) is 0 Å². The number of aryl methyl sites for hydroxylation is 2. The fraction of sp³-hybridized carbons (Fsp3) is 0.600. The standard InChI is InChI=1S/C35H51N9O7/c1-5-21(4)30-34(50)39-25(32(48)40-26(31(36)47)17-20(2)3)14-16-44-23(19-37-42-44)10-13-29(46)38-27(18-22-8-11-24(45)12-9-22)35(51)43-15-6-7-28(43)33(49)41-30/h8-9,11-12,19-21,25-28,30,45H,5-7,10,13-18H2,1-4H3,(H2,36,47)(H,38,46)(H,39,50)(H,40,48)(H,41,49)/t21-,25-,26-,27-,28-,30-/m0/s1. The molecule has 2 aromatic rings. The van der Waals surface area contributed by atoms with Crippen LogP contribution >= 0.6 is 0 Å². The van der Waals surface area contributed by atoms with E-state index in [1.165, 1.54) is 27.9 Å². The number of aromatic hydroxyl groups is 1. The molecule has 2 aliphatic heterocycles. The van der Waals surface area contributed by atoms with Crippen LogP contribution in [0.3, 0.4) is 0 Å². The molecule has 0 bridgehead atoms. The molecule has 0 saturated carbocycles. The number of carbonyl (C=O) groups is 6. The van der Waals surface area contributed by atoms with E-state index in [2.05, 4.69) is 31.6 Å². The van der Waals surface area contributed by atoms with Gasteiger partial charge < -0.3 is 37.0 Å². The lowest BCUT2D eigenvalue weighted by atomic mass is 9.96. The number of hydrogen-bond acceptors (Lipinski definition) is 9. The lowest BCUT2D eigenvalue weighted by Gasteiger charge is -2.32. The Balaban J connectivity index is 1.67. The maximum atomic E-state index is 14.1. The van der Waals surface area contributed by atoms with Crippen molar-refractivity contribution in [1.82, 2.24) is 41.2 Å². The van der Waals surface area contributed by atoms with Crippen molar-refractivity contribution in [3.8, 4) is 5.75 Å².